The number of benzene rings is 1. The van der Waals surface area contributed by atoms with Crippen LogP contribution < -0.4 is 5.32 Å². The van der Waals surface area contributed by atoms with Gasteiger partial charge in [0, 0.05) is 7.05 Å². The van der Waals surface area contributed by atoms with Crippen LogP contribution in [0.3, 0.4) is 0 Å². The summed E-state index contributed by atoms with van der Waals surface area (Å²) in [5, 5.41) is 19.8. The summed E-state index contributed by atoms with van der Waals surface area (Å²) in [6.07, 6.45) is 1.56. The molecule has 1 aromatic carbocycles. The number of carbonyl (C=O) groups is 2. The van der Waals surface area contributed by atoms with Gasteiger partial charge in [-0.25, -0.2) is 14.3 Å². The average Bonchev–Trinajstić information content (AvgIpc) is 3.14. The van der Waals surface area contributed by atoms with Crippen molar-refractivity contribution in [1.29, 1.82) is 0 Å². The van der Waals surface area contributed by atoms with Crippen LogP contribution in [-0.4, -0.2) is 50.7 Å². The van der Waals surface area contributed by atoms with Gasteiger partial charge in [0.2, 0.25) is 0 Å². The summed E-state index contributed by atoms with van der Waals surface area (Å²) in [6, 6.07) is 8.25. The second kappa shape index (κ2) is 8.00. The summed E-state index contributed by atoms with van der Waals surface area (Å²) in [6.45, 7) is 1.83. The summed E-state index contributed by atoms with van der Waals surface area (Å²) in [4.78, 5) is 26.6. The lowest BCUT2D eigenvalue weighted by Gasteiger charge is -2.34. The second-order valence-electron chi connectivity index (χ2n) is 6.00. The average molecular weight is 371 g/mol. The van der Waals surface area contributed by atoms with Gasteiger partial charge in [-0.2, -0.15) is 0 Å². The zero-order chi connectivity index (χ0) is 19.4. The highest BCUT2D eigenvalue weighted by atomic mass is 16.5. The van der Waals surface area contributed by atoms with Crippen LogP contribution in [-0.2, 0) is 22.7 Å². The molecule has 2 heterocycles. The minimum absolute atomic E-state index is 0.133. The maximum absolute atomic E-state index is 12.8. The van der Waals surface area contributed by atoms with Gasteiger partial charge < -0.3 is 15.2 Å². The number of aliphatic hydroxyl groups excluding tert-OH is 1. The number of hydrogen-bond acceptors (Lipinski definition) is 6. The SMILES string of the molecule is CCOC(=O)C1=C(Cn2cc(CO)nn2)N(C)C(=O)NC1c1ccccc1. The number of nitrogens with zero attached hydrogens (tertiary/aromatic N) is 4. The van der Waals surface area contributed by atoms with Crippen molar-refractivity contribution in [3.05, 3.63) is 59.1 Å². The molecule has 1 aliphatic rings. The van der Waals surface area contributed by atoms with E-state index in [-0.39, 0.29) is 25.8 Å². The fourth-order valence-corrected chi connectivity index (χ4v) is 2.94. The van der Waals surface area contributed by atoms with Crippen LogP contribution in [0, 0.1) is 0 Å². The summed E-state index contributed by atoms with van der Waals surface area (Å²) >= 11 is 0. The number of aliphatic hydroxyl groups is 1. The number of aromatic nitrogens is 3. The van der Waals surface area contributed by atoms with Gasteiger partial charge in [-0.1, -0.05) is 35.5 Å². The number of amides is 2. The predicted octanol–water partition coefficient (Wildman–Crippen LogP) is 0.984. The molecule has 27 heavy (non-hydrogen) atoms. The van der Waals surface area contributed by atoms with Crippen LogP contribution in [0.2, 0.25) is 0 Å². The number of likely N-dealkylation sites (N-methyl/N-ethyl adjacent to an activating group) is 1. The Bertz CT molecular complexity index is 862. The summed E-state index contributed by atoms with van der Waals surface area (Å²) < 4.78 is 6.72. The van der Waals surface area contributed by atoms with Crippen molar-refractivity contribution in [2.75, 3.05) is 13.7 Å². The van der Waals surface area contributed by atoms with Gasteiger partial charge in [-0.05, 0) is 12.5 Å². The van der Waals surface area contributed by atoms with Gasteiger partial charge in [-0.15, -0.1) is 5.10 Å². The van der Waals surface area contributed by atoms with Crippen LogP contribution >= 0.6 is 0 Å². The molecule has 0 fully saturated rings. The summed E-state index contributed by atoms with van der Waals surface area (Å²) in [5.41, 5.74) is 1.97. The van der Waals surface area contributed by atoms with Gasteiger partial charge in [0.25, 0.3) is 0 Å². The van der Waals surface area contributed by atoms with E-state index in [0.29, 0.717) is 17.0 Å². The number of ether oxygens (including phenoxy) is 1. The Balaban J connectivity index is 2.09. The summed E-state index contributed by atoms with van der Waals surface area (Å²) in [7, 11) is 1.58. The van der Waals surface area contributed by atoms with Crippen LogP contribution in [0.5, 0.6) is 0 Å². The van der Waals surface area contributed by atoms with Crippen LogP contribution in [0.4, 0.5) is 4.79 Å². The molecule has 142 valence electrons. The Morgan fingerprint density at radius 1 is 1.33 bits per heavy atom. The van der Waals surface area contributed by atoms with E-state index in [0.717, 1.165) is 5.56 Å². The van der Waals surface area contributed by atoms with Gasteiger partial charge in [-0.3, -0.25) is 4.90 Å². The van der Waals surface area contributed by atoms with Crippen molar-refractivity contribution in [3.8, 4) is 0 Å². The van der Waals surface area contributed by atoms with Crippen LogP contribution in [0.15, 0.2) is 47.8 Å². The van der Waals surface area contributed by atoms with E-state index in [9.17, 15) is 14.7 Å². The van der Waals surface area contributed by atoms with E-state index in [2.05, 4.69) is 15.6 Å². The molecule has 0 spiro atoms. The standard InChI is InChI=1S/C18H21N5O4/c1-3-27-17(25)15-14(10-23-9-13(11-24)20-21-23)22(2)18(26)19-16(15)12-7-5-4-6-8-12/h4-9,16,24H,3,10-11H2,1-2H3,(H,19,26). The first-order valence-corrected chi connectivity index (χ1v) is 8.54. The molecule has 2 amide bonds. The van der Waals surface area contributed by atoms with E-state index in [1.807, 2.05) is 30.3 Å². The highest BCUT2D eigenvalue weighted by Gasteiger charge is 2.36. The lowest BCUT2D eigenvalue weighted by molar-refractivity contribution is -0.139. The third kappa shape index (κ3) is 3.82. The number of carbonyl (C=O) groups excluding carboxylic acids is 2. The Morgan fingerprint density at radius 3 is 2.70 bits per heavy atom. The van der Waals surface area contributed by atoms with Gasteiger partial charge >= 0.3 is 12.0 Å². The predicted molar refractivity (Wildman–Crippen MR) is 95.1 cm³/mol. The van der Waals surface area contributed by atoms with Crippen molar-refractivity contribution < 1.29 is 19.4 Å². The van der Waals surface area contributed by atoms with Crippen molar-refractivity contribution in [2.24, 2.45) is 0 Å². The highest BCUT2D eigenvalue weighted by Crippen LogP contribution is 2.31. The number of rotatable bonds is 6. The topological polar surface area (TPSA) is 110 Å². The van der Waals surface area contributed by atoms with E-state index < -0.39 is 12.0 Å². The van der Waals surface area contributed by atoms with E-state index in [1.54, 1.807) is 20.2 Å². The Kier molecular flexibility index (Phi) is 5.51. The molecule has 9 nitrogen and oxygen atoms in total. The number of allylic oxidation sites excluding steroid dienone is 1. The zero-order valence-corrected chi connectivity index (χ0v) is 15.1. The Labute approximate surface area is 156 Å². The molecule has 2 aromatic rings. The smallest absolute Gasteiger partial charge is 0.338 e. The monoisotopic (exact) mass is 371 g/mol. The second-order valence-corrected chi connectivity index (χ2v) is 6.00. The fourth-order valence-electron chi connectivity index (χ4n) is 2.94. The Hall–Kier alpha value is -3.20. The third-order valence-corrected chi connectivity index (χ3v) is 4.27. The molecule has 0 saturated heterocycles. The first-order valence-electron chi connectivity index (χ1n) is 8.54. The lowest BCUT2D eigenvalue weighted by atomic mass is 9.94. The van der Waals surface area contributed by atoms with Crippen molar-refractivity contribution in [1.82, 2.24) is 25.2 Å². The molecule has 0 radical (unpaired) electrons. The highest BCUT2D eigenvalue weighted by molar-refractivity contribution is 5.95. The van der Waals surface area contributed by atoms with E-state index in [1.165, 1.54) is 9.58 Å². The molecule has 9 heteroatoms. The van der Waals surface area contributed by atoms with Gasteiger partial charge in [0.1, 0.15) is 5.69 Å². The summed E-state index contributed by atoms with van der Waals surface area (Å²) in [5.74, 6) is -0.504. The number of esters is 1. The van der Waals surface area contributed by atoms with Crippen molar-refractivity contribution >= 4 is 12.0 Å². The molecule has 1 aromatic heterocycles. The number of hydrogen-bond donors (Lipinski definition) is 2. The number of urea groups is 1. The fraction of sp³-hybridized carbons (Fsp3) is 0.333. The molecule has 1 unspecified atom stereocenters. The van der Waals surface area contributed by atoms with Gasteiger partial charge in [0.15, 0.2) is 0 Å². The third-order valence-electron chi connectivity index (χ3n) is 4.27. The Morgan fingerprint density at radius 2 is 2.07 bits per heavy atom. The van der Waals surface area contributed by atoms with Crippen LogP contribution in [0.25, 0.3) is 0 Å². The van der Waals surface area contributed by atoms with Gasteiger partial charge in [0.05, 0.1) is 43.3 Å². The molecule has 1 atom stereocenters. The largest absolute Gasteiger partial charge is 0.463 e. The molecular formula is C18H21N5O4. The maximum atomic E-state index is 12.8. The zero-order valence-electron chi connectivity index (χ0n) is 15.1. The van der Waals surface area contributed by atoms with Crippen molar-refractivity contribution in [2.45, 2.75) is 26.1 Å². The number of nitrogens with one attached hydrogen (secondary N) is 1. The molecule has 3 rings (SSSR count). The van der Waals surface area contributed by atoms with Crippen molar-refractivity contribution in [3.63, 3.8) is 0 Å². The molecule has 0 bridgehead atoms. The van der Waals surface area contributed by atoms with E-state index >= 15 is 0 Å². The first kappa shape index (κ1) is 18.6. The quantitative estimate of drug-likeness (QED) is 0.733. The maximum Gasteiger partial charge on any atom is 0.338 e. The molecule has 2 N–H and O–H groups in total. The molecule has 1 aliphatic heterocycles. The van der Waals surface area contributed by atoms with E-state index in [4.69, 9.17) is 4.74 Å². The lowest BCUT2D eigenvalue weighted by Crippen LogP contribution is -2.47. The molecular weight excluding hydrogens is 350 g/mol. The molecule has 0 aliphatic carbocycles. The first-order chi connectivity index (χ1) is 13.0. The minimum atomic E-state index is -0.634. The normalized spacial score (nSPS) is 17.1. The minimum Gasteiger partial charge on any atom is -0.463 e. The molecule has 0 saturated carbocycles. The van der Waals surface area contributed by atoms with Crippen LogP contribution in [0.1, 0.15) is 24.2 Å².